The number of hydrogen-bond acceptors (Lipinski definition) is 3. The molecule has 0 aliphatic carbocycles. The molecule has 4 nitrogen and oxygen atoms in total. The largest absolute Gasteiger partial charge is 0.272 e. The fraction of sp³-hybridized carbons (Fsp3) is 0.0500. The monoisotopic (exact) mass is 313 g/mol. The molecule has 0 fully saturated rings. The van der Waals surface area contributed by atoms with Crippen LogP contribution in [0.2, 0.25) is 0 Å². The lowest BCUT2D eigenvalue weighted by Crippen LogP contribution is -2.15. The minimum Gasteiger partial charge on any atom is -0.272 e. The Bertz CT molecular complexity index is 988. The molecule has 0 saturated heterocycles. The van der Waals surface area contributed by atoms with Gasteiger partial charge in [0.2, 0.25) is 0 Å². The highest BCUT2D eigenvalue weighted by molar-refractivity contribution is 5.90. The van der Waals surface area contributed by atoms with Crippen LogP contribution in [-0.4, -0.2) is 20.9 Å². The molecule has 0 spiro atoms. The third-order valence-electron chi connectivity index (χ3n) is 4.00. The lowest BCUT2D eigenvalue weighted by atomic mass is 10.0. The van der Waals surface area contributed by atoms with E-state index in [0.29, 0.717) is 6.42 Å². The Balaban J connectivity index is 1.56. The molecule has 0 amide bonds. The van der Waals surface area contributed by atoms with Crippen molar-refractivity contribution in [2.24, 2.45) is 0 Å². The minimum absolute atomic E-state index is 0.0869. The summed E-state index contributed by atoms with van der Waals surface area (Å²) in [6.07, 6.45) is 0.294. The van der Waals surface area contributed by atoms with Crippen LogP contribution in [0.25, 0.3) is 22.2 Å². The predicted octanol–water partition coefficient (Wildman–Crippen LogP) is 3.98. The van der Waals surface area contributed by atoms with Crippen LogP contribution in [-0.2, 0) is 6.42 Å². The second-order valence-corrected chi connectivity index (χ2v) is 5.62. The molecule has 0 bridgehead atoms. The standard InChI is InChI=1S/C20H15N3O/c24-20(23-19-9-5-4-8-18(19)21-22-23)14-15-10-12-17(13-11-15)16-6-2-1-3-7-16/h1-13H,14H2. The Morgan fingerprint density at radius 1 is 0.792 bits per heavy atom. The molecule has 0 aliphatic heterocycles. The molecule has 0 N–H and O–H groups in total. The van der Waals surface area contributed by atoms with E-state index >= 15 is 0 Å². The van der Waals surface area contributed by atoms with E-state index in [9.17, 15) is 4.79 Å². The smallest absolute Gasteiger partial charge is 0.253 e. The van der Waals surface area contributed by atoms with E-state index in [0.717, 1.165) is 27.7 Å². The Labute approximate surface area is 139 Å². The van der Waals surface area contributed by atoms with Crippen LogP contribution in [0.15, 0.2) is 78.9 Å². The van der Waals surface area contributed by atoms with Crippen LogP contribution in [0.1, 0.15) is 10.4 Å². The molecule has 0 aliphatic rings. The third-order valence-corrected chi connectivity index (χ3v) is 4.00. The van der Waals surface area contributed by atoms with Gasteiger partial charge < -0.3 is 0 Å². The molecule has 116 valence electrons. The molecule has 1 heterocycles. The second kappa shape index (κ2) is 6.08. The Morgan fingerprint density at radius 3 is 2.25 bits per heavy atom. The number of hydrogen-bond donors (Lipinski definition) is 0. The van der Waals surface area contributed by atoms with E-state index in [1.54, 1.807) is 0 Å². The normalized spacial score (nSPS) is 10.8. The van der Waals surface area contributed by atoms with E-state index in [1.165, 1.54) is 4.68 Å². The van der Waals surface area contributed by atoms with E-state index in [2.05, 4.69) is 22.4 Å². The average molecular weight is 313 g/mol. The molecule has 0 unspecified atom stereocenters. The Kier molecular flexibility index (Phi) is 3.63. The average Bonchev–Trinajstić information content (AvgIpc) is 3.07. The Hall–Kier alpha value is -3.27. The van der Waals surface area contributed by atoms with Crippen LogP contribution in [0.4, 0.5) is 0 Å². The molecule has 4 aromatic rings. The van der Waals surface area contributed by atoms with Gasteiger partial charge in [0, 0.05) is 0 Å². The quantitative estimate of drug-likeness (QED) is 0.575. The summed E-state index contributed by atoms with van der Waals surface area (Å²) in [6.45, 7) is 0. The van der Waals surface area contributed by atoms with Crippen LogP contribution >= 0.6 is 0 Å². The zero-order chi connectivity index (χ0) is 16.4. The van der Waals surface area contributed by atoms with Gasteiger partial charge in [-0.2, -0.15) is 4.68 Å². The highest BCUT2D eigenvalue weighted by Gasteiger charge is 2.12. The van der Waals surface area contributed by atoms with E-state index in [-0.39, 0.29) is 5.91 Å². The van der Waals surface area contributed by atoms with Crippen molar-refractivity contribution in [3.63, 3.8) is 0 Å². The number of benzene rings is 3. The second-order valence-electron chi connectivity index (χ2n) is 5.62. The van der Waals surface area contributed by atoms with Gasteiger partial charge >= 0.3 is 0 Å². The van der Waals surface area contributed by atoms with Crippen molar-refractivity contribution in [3.05, 3.63) is 84.4 Å². The number of nitrogens with zero attached hydrogens (tertiary/aromatic N) is 3. The summed E-state index contributed by atoms with van der Waals surface area (Å²) >= 11 is 0. The van der Waals surface area contributed by atoms with Crippen molar-refractivity contribution in [2.45, 2.75) is 6.42 Å². The van der Waals surface area contributed by atoms with Gasteiger partial charge in [-0.15, -0.1) is 5.10 Å². The lowest BCUT2D eigenvalue weighted by molar-refractivity contribution is 0.0901. The van der Waals surface area contributed by atoms with E-state index in [1.807, 2.05) is 66.7 Å². The number of rotatable bonds is 3. The first-order valence-corrected chi connectivity index (χ1v) is 7.79. The van der Waals surface area contributed by atoms with E-state index < -0.39 is 0 Å². The first-order chi connectivity index (χ1) is 11.8. The zero-order valence-corrected chi connectivity index (χ0v) is 13.0. The fourth-order valence-corrected chi connectivity index (χ4v) is 2.75. The third kappa shape index (κ3) is 2.70. The number of aromatic nitrogens is 3. The van der Waals surface area contributed by atoms with Crippen molar-refractivity contribution in [3.8, 4) is 11.1 Å². The Morgan fingerprint density at radius 2 is 1.46 bits per heavy atom. The summed E-state index contributed by atoms with van der Waals surface area (Å²) in [5.41, 5.74) is 4.73. The van der Waals surface area contributed by atoms with Gasteiger partial charge in [-0.3, -0.25) is 4.79 Å². The summed E-state index contributed by atoms with van der Waals surface area (Å²) < 4.78 is 1.38. The molecule has 0 saturated carbocycles. The molecule has 0 radical (unpaired) electrons. The van der Waals surface area contributed by atoms with Gasteiger partial charge in [0.25, 0.3) is 5.91 Å². The molecule has 24 heavy (non-hydrogen) atoms. The maximum absolute atomic E-state index is 12.5. The molecule has 4 rings (SSSR count). The summed E-state index contributed by atoms with van der Waals surface area (Å²) in [5.74, 6) is -0.0869. The molecule has 0 atom stereocenters. The van der Waals surface area contributed by atoms with Crippen LogP contribution in [0, 0.1) is 0 Å². The van der Waals surface area contributed by atoms with Gasteiger partial charge in [-0.1, -0.05) is 71.9 Å². The van der Waals surface area contributed by atoms with Crippen molar-refractivity contribution < 1.29 is 4.79 Å². The number of para-hydroxylation sites is 1. The zero-order valence-electron chi connectivity index (χ0n) is 13.0. The number of fused-ring (bicyclic) bond motifs is 1. The lowest BCUT2D eigenvalue weighted by Gasteiger charge is -2.05. The highest BCUT2D eigenvalue weighted by Crippen LogP contribution is 2.19. The van der Waals surface area contributed by atoms with Crippen LogP contribution < -0.4 is 0 Å². The minimum atomic E-state index is -0.0869. The van der Waals surface area contributed by atoms with Crippen LogP contribution in [0.5, 0.6) is 0 Å². The molecule has 3 aromatic carbocycles. The molecular weight excluding hydrogens is 298 g/mol. The van der Waals surface area contributed by atoms with Gasteiger partial charge in [0.05, 0.1) is 11.9 Å². The maximum atomic E-state index is 12.5. The van der Waals surface area contributed by atoms with E-state index in [4.69, 9.17) is 0 Å². The topological polar surface area (TPSA) is 47.8 Å². The maximum Gasteiger partial charge on any atom is 0.253 e. The van der Waals surface area contributed by atoms with Gasteiger partial charge in [0.15, 0.2) is 0 Å². The summed E-state index contributed by atoms with van der Waals surface area (Å²) in [5, 5.41) is 8.00. The predicted molar refractivity (Wildman–Crippen MR) is 93.7 cm³/mol. The van der Waals surface area contributed by atoms with Crippen molar-refractivity contribution in [2.75, 3.05) is 0 Å². The number of carbonyl (C=O) groups excluding carboxylic acids is 1. The van der Waals surface area contributed by atoms with Gasteiger partial charge in [-0.05, 0) is 28.8 Å². The molecule has 1 aromatic heterocycles. The van der Waals surface area contributed by atoms with Crippen molar-refractivity contribution in [1.29, 1.82) is 0 Å². The molecular formula is C20H15N3O. The summed E-state index contributed by atoms with van der Waals surface area (Å²) in [7, 11) is 0. The molecule has 4 heteroatoms. The summed E-state index contributed by atoms with van der Waals surface area (Å²) in [6, 6.07) is 25.7. The van der Waals surface area contributed by atoms with Crippen LogP contribution in [0.3, 0.4) is 0 Å². The number of carbonyl (C=O) groups is 1. The first kappa shape index (κ1) is 14.3. The van der Waals surface area contributed by atoms with Crippen molar-refractivity contribution in [1.82, 2.24) is 15.0 Å². The highest BCUT2D eigenvalue weighted by atomic mass is 16.2. The SMILES string of the molecule is O=C(Cc1ccc(-c2ccccc2)cc1)n1nnc2ccccc21. The first-order valence-electron chi connectivity index (χ1n) is 7.79. The van der Waals surface area contributed by atoms with Crippen molar-refractivity contribution >= 4 is 16.9 Å². The van der Waals surface area contributed by atoms with Gasteiger partial charge in [0.1, 0.15) is 5.52 Å². The fourth-order valence-electron chi connectivity index (χ4n) is 2.75. The summed E-state index contributed by atoms with van der Waals surface area (Å²) in [4.78, 5) is 12.5. The van der Waals surface area contributed by atoms with Gasteiger partial charge in [-0.25, -0.2) is 0 Å².